The second-order valence-electron chi connectivity index (χ2n) is 5.03. The molecule has 0 atom stereocenters. The van der Waals surface area contributed by atoms with E-state index in [1.807, 2.05) is 4.90 Å². The van der Waals surface area contributed by atoms with Crippen LogP contribution in [-0.4, -0.2) is 30.5 Å². The van der Waals surface area contributed by atoms with Gasteiger partial charge in [0.1, 0.15) is 11.6 Å². The highest BCUT2D eigenvalue weighted by molar-refractivity contribution is 5.77. The van der Waals surface area contributed by atoms with Crippen molar-refractivity contribution in [1.82, 2.24) is 4.90 Å². The molecule has 1 aliphatic rings. The van der Waals surface area contributed by atoms with E-state index in [1.165, 1.54) is 37.1 Å². The van der Waals surface area contributed by atoms with Gasteiger partial charge in [0.2, 0.25) is 0 Å². The lowest BCUT2D eigenvalue weighted by molar-refractivity contribution is -0.133. The predicted molar refractivity (Wildman–Crippen MR) is 71.5 cm³/mol. The Morgan fingerprint density at radius 3 is 2.63 bits per heavy atom. The minimum atomic E-state index is -0.306. The third kappa shape index (κ3) is 4.54. The Hall–Kier alpha value is -1.58. The van der Waals surface area contributed by atoms with Crippen molar-refractivity contribution in [3.05, 3.63) is 30.1 Å². The molecule has 1 amide bonds. The zero-order valence-electron chi connectivity index (χ0n) is 11.3. The van der Waals surface area contributed by atoms with Crippen LogP contribution in [0.25, 0.3) is 0 Å². The van der Waals surface area contributed by atoms with E-state index in [4.69, 9.17) is 4.74 Å². The Morgan fingerprint density at radius 2 is 2.05 bits per heavy atom. The van der Waals surface area contributed by atoms with Gasteiger partial charge in [0, 0.05) is 13.1 Å². The fourth-order valence-electron chi connectivity index (χ4n) is 1.97. The molecule has 0 aliphatic heterocycles. The summed E-state index contributed by atoms with van der Waals surface area (Å²) in [7, 11) is 0. The van der Waals surface area contributed by atoms with Gasteiger partial charge in [-0.1, -0.05) is 6.92 Å². The van der Waals surface area contributed by atoms with E-state index in [9.17, 15) is 9.18 Å². The first-order valence-electron chi connectivity index (χ1n) is 6.85. The Balaban J connectivity index is 1.82. The van der Waals surface area contributed by atoms with Gasteiger partial charge >= 0.3 is 0 Å². The largest absolute Gasteiger partial charge is 0.484 e. The van der Waals surface area contributed by atoms with E-state index in [-0.39, 0.29) is 18.3 Å². The Bertz CT molecular complexity index is 415. The van der Waals surface area contributed by atoms with Gasteiger partial charge in [0.25, 0.3) is 5.91 Å². The molecule has 4 heteroatoms. The van der Waals surface area contributed by atoms with Gasteiger partial charge in [0.05, 0.1) is 0 Å². The molecule has 2 rings (SSSR count). The molecule has 1 aliphatic carbocycles. The molecule has 0 unspecified atom stereocenters. The maximum Gasteiger partial charge on any atom is 0.260 e. The third-order valence-corrected chi connectivity index (χ3v) is 3.20. The normalized spacial score (nSPS) is 14.2. The quantitative estimate of drug-likeness (QED) is 0.758. The first-order chi connectivity index (χ1) is 9.19. The lowest BCUT2D eigenvalue weighted by atomic mass is 10.3. The molecule has 1 saturated carbocycles. The van der Waals surface area contributed by atoms with Crippen LogP contribution >= 0.6 is 0 Å². The average molecular weight is 265 g/mol. The van der Waals surface area contributed by atoms with Crippen molar-refractivity contribution >= 4 is 5.91 Å². The molecule has 0 radical (unpaired) electrons. The highest BCUT2D eigenvalue weighted by Gasteiger charge is 2.26. The topological polar surface area (TPSA) is 29.5 Å². The highest BCUT2D eigenvalue weighted by atomic mass is 19.1. The molecule has 0 heterocycles. The summed E-state index contributed by atoms with van der Waals surface area (Å²) < 4.78 is 18.1. The van der Waals surface area contributed by atoms with Crippen LogP contribution in [0.3, 0.4) is 0 Å². The summed E-state index contributed by atoms with van der Waals surface area (Å²) in [6.07, 6.45) is 3.41. The van der Waals surface area contributed by atoms with E-state index < -0.39 is 0 Å². The lowest BCUT2D eigenvalue weighted by Crippen LogP contribution is -2.37. The Labute approximate surface area is 113 Å². The molecule has 104 valence electrons. The molecular formula is C15H20FNO2. The number of carbonyl (C=O) groups is 1. The number of hydrogen-bond donors (Lipinski definition) is 0. The minimum absolute atomic E-state index is 0.0121. The highest BCUT2D eigenvalue weighted by Crippen LogP contribution is 2.29. The number of carbonyl (C=O) groups excluding carboxylic acids is 1. The van der Waals surface area contributed by atoms with E-state index in [0.717, 1.165) is 19.5 Å². The van der Waals surface area contributed by atoms with Crippen LogP contribution in [0.5, 0.6) is 5.75 Å². The molecule has 3 nitrogen and oxygen atoms in total. The minimum Gasteiger partial charge on any atom is -0.484 e. The third-order valence-electron chi connectivity index (χ3n) is 3.20. The summed E-state index contributed by atoms with van der Waals surface area (Å²) >= 11 is 0. The second kappa shape index (κ2) is 6.55. The summed E-state index contributed by atoms with van der Waals surface area (Å²) in [5.74, 6) is 0.914. The Kier molecular flexibility index (Phi) is 4.77. The number of rotatable bonds is 7. The van der Waals surface area contributed by atoms with Crippen LogP contribution in [0.15, 0.2) is 24.3 Å². The molecule has 1 aromatic carbocycles. The van der Waals surface area contributed by atoms with Crippen molar-refractivity contribution in [1.29, 1.82) is 0 Å². The van der Waals surface area contributed by atoms with Crippen LogP contribution in [0, 0.1) is 11.7 Å². The number of halogens is 1. The summed E-state index contributed by atoms with van der Waals surface area (Å²) in [5, 5.41) is 0. The maximum atomic E-state index is 12.7. The zero-order chi connectivity index (χ0) is 13.7. The summed E-state index contributed by atoms with van der Waals surface area (Å²) in [6.45, 7) is 3.72. The summed E-state index contributed by atoms with van der Waals surface area (Å²) in [5.41, 5.74) is 0. The predicted octanol–water partition coefficient (Wildman–Crippen LogP) is 2.85. The van der Waals surface area contributed by atoms with Crippen molar-refractivity contribution in [3.8, 4) is 5.75 Å². The molecular weight excluding hydrogens is 245 g/mol. The van der Waals surface area contributed by atoms with Gasteiger partial charge in [-0.05, 0) is 49.4 Å². The molecule has 1 fully saturated rings. The van der Waals surface area contributed by atoms with Crippen LogP contribution in [0.1, 0.15) is 26.2 Å². The first kappa shape index (κ1) is 13.8. The van der Waals surface area contributed by atoms with Gasteiger partial charge in [0.15, 0.2) is 6.61 Å². The maximum absolute atomic E-state index is 12.7. The molecule has 0 saturated heterocycles. The first-order valence-corrected chi connectivity index (χ1v) is 6.85. The van der Waals surface area contributed by atoms with Crippen LogP contribution < -0.4 is 4.74 Å². The van der Waals surface area contributed by atoms with Gasteiger partial charge < -0.3 is 9.64 Å². The molecule has 0 N–H and O–H groups in total. The number of hydrogen-bond acceptors (Lipinski definition) is 2. The fraction of sp³-hybridized carbons (Fsp3) is 0.533. The van der Waals surface area contributed by atoms with Crippen LogP contribution in [0.2, 0.25) is 0 Å². The van der Waals surface area contributed by atoms with Crippen molar-refractivity contribution in [3.63, 3.8) is 0 Å². The van der Waals surface area contributed by atoms with Crippen molar-refractivity contribution in [2.75, 3.05) is 19.7 Å². The number of ether oxygens (including phenoxy) is 1. The molecule has 0 bridgehead atoms. The SMILES string of the molecule is CCCN(CC1CC1)C(=O)COc1ccc(F)cc1. The van der Waals surface area contributed by atoms with Crippen LogP contribution in [-0.2, 0) is 4.79 Å². The van der Waals surface area contributed by atoms with Gasteiger partial charge in [-0.15, -0.1) is 0 Å². The van der Waals surface area contributed by atoms with Crippen LogP contribution in [0.4, 0.5) is 4.39 Å². The smallest absolute Gasteiger partial charge is 0.260 e. The number of nitrogens with zero attached hydrogens (tertiary/aromatic N) is 1. The monoisotopic (exact) mass is 265 g/mol. The lowest BCUT2D eigenvalue weighted by Gasteiger charge is -2.22. The van der Waals surface area contributed by atoms with Gasteiger partial charge in [-0.3, -0.25) is 4.79 Å². The van der Waals surface area contributed by atoms with Gasteiger partial charge in [-0.2, -0.15) is 0 Å². The fourth-order valence-corrected chi connectivity index (χ4v) is 1.97. The van der Waals surface area contributed by atoms with E-state index in [0.29, 0.717) is 11.7 Å². The van der Waals surface area contributed by atoms with Gasteiger partial charge in [-0.25, -0.2) is 4.39 Å². The van der Waals surface area contributed by atoms with E-state index in [2.05, 4.69) is 6.92 Å². The average Bonchev–Trinajstić information content (AvgIpc) is 3.21. The van der Waals surface area contributed by atoms with Crippen molar-refractivity contribution in [2.24, 2.45) is 5.92 Å². The molecule has 0 aromatic heterocycles. The summed E-state index contributed by atoms with van der Waals surface area (Å²) in [6, 6.07) is 5.73. The molecule has 19 heavy (non-hydrogen) atoms. The zero-order valence-corrected chi connectivity index (χ0v) is 11.3. The van der Waals surface area contributed by atoms with E-state index >= 15 is 0 Å². The Morgan fingerprint density at radius 1 is 1.37 bits per heavy atom. The van der Waals surface area contributed by atoms with E-state index in [1.54, 1.807) is 0 Å². The van der Waals surface area contributed by atoms with Crippen molar-refractivity contribution in [2.45, 2.75) is 26.2 Å². The number of amides is 1. The number of benzene rings is 1. The molecule has 1 aromatic rings. The van der Waals surface area contributed by atoms with Crippen molar-refractivity contribution < 1.29 is 13.9 Å². The standard InChI is InChI=1S/C15H20FNO2/c1-2-9-17(10-12-3-4-12)15(18)11-19-14-7-5-13(16)6-8-14/h5-8,12H,2-4,9-11H2,1H3. The summed E-state index contributed by atoms with van der Waals surface area (Å²) in [4.78, 5) is 13.9. The second-order valence-corrected chi connectivity index (χ2v) is 5.03. The molecule has 0 spiro atoms.